The molecule has 3 rings (SSSR count). The maximum atomic E-state index is 12.2. The first kappa shape index (κ1) is 19.5. The number of hydrogen-bond acceptors (Lipinski definition) is 5. The van der Waals surface area contributed by atoms with Gasteiger partial charge >= 0.3 is 0 Å². The van der Waals surface area contributed by atoms with Gasteiger partial charge < -0.3 is 16.0 Å². The lowest BCUT2D eigenvalue weighted by Crippen LogP contribution is -2.26. The third-order valence-electron chi connectivity index (χ3n) is 4.48. The van der Waals surface area contributed by atoms with Crippen molar-refractivity contribution in [2.24, 2.45) is 0 Å². The van der Waals surface area contributed by atoms with Crippen LogP contribution in [0.3, 0.4) is 0 Å². The van der Waals surface area contributed by atoms with Crippen LogP contribution in [0.4, 0.5) is 17.2 Å². The Balaban J connectivity index is 1.49. The van der Waals surface area contributed by atoms with Crippen molar-refractivity contribution in [3.8, 4) is 0 Å². The highest BCUT2D eigenvalue weighted by atomic mass is 16.2. The Morgan fingerprint density at radius 3 is 2.46 bits per heavy atom. The molecule has 1 heterocycles. The highest BCUT2D eigenvalue weighted by Crippen LogP contribution is 2.19. The van der Waals surface area contributed by atoms with Crippen LogP contribution in [-0.4, -0.2) is 28.3 Å². The van der Waals surface area contributed by atoms with Crippen molar-refractivity contribution in [1.29, 1.82) is 0 Å². The number of nitrogens with one attached hydrogen (secondary N) is 3. The minimum Gasteiger partial charge on any atom is -0.350 e. The van der Waals surface area contributed by atoms with Gasteiger partial charge in [0.05, 0.1) is 12.4 Å². The van der Waals surface area contributed by atoms with Gasteiger partial charge in [-0.15, -0.1) is 0 Å². The van der Waals surface area contributed by atoms with Crippen molar-refractivity contribution in [2.45, 2.75) is 39.0 Å². The summed E-state index contributed by atoms with van der Waals surface area (Å²) >= 11 is 0. The minimum atomic E-state index is -0.213. The van der Waals surface area contributed by atoms with Crippen molar-refractivity contribution in [1.82, 2.24) is 15.3 Å². The van der Waals surface area contributed by atoms with Crippen LogP contribution in [0, 0.1) is 0 Å². The molecule has 0 unspecified atom stereocenters. The van der Waals surface area contributed by atoms with Crippen LogP contribution in [0.2, 0.25) is 0 Å². The summed E-state index contributed by atoms with van der Waals surface area (Å²) in [6, 6.07) is 7.24. The van der Waals surface area contributed by atoms with Gasteiger partial charge in [-0.3, -0.25) is 9.59 Å². The SMILES string of the molecule is CC(=O)Nc1ccc(Nc2cnc(C(=O)NCCC3=CCCCC3)cn2)cc1. The number of hydrogen-bond donors (Lipinski definition) is 3. The van der Waals surface area contributed by atoms with Gasteiger partial charge in [0.2, 0.25) is 5.91 Å². The second-order valence-electron chi connectivity index (χ2n) is 6.78. The Morgan fingerprint density at radius 2 is 1.82 bits per heavy atom. The normalized spacial score (nSPS) is 13.4. The Kier molecular flexibility index (Phi) is 6.73. The van der Waals surface area contributed by atoms with E-state index in [4.69, 9.17) is 0 Å². The molecular weight excluding hydrogens is 354 g/mol. The predicted molar refractivity (Wildman–Crippen MR) is 110 cm³/mol. The quantitative estimate of drug-likeness (QED) is 0.636. The topological polar surface area (TPSA) is 96.0 Å². The lowest BCUT2D eigenvalue weighted by Gasteiger charge is -2.12. The molecule has 2 amide bonds. The smallest absolute Gasteiger partial charge is 0.271 e. The fourth-order valence-electron chi connectivity index (χ4n) is 3.06. The van der Waals surface area contributed by atoms with E-state index >= 15 is 0 Å². The van der Waals surface area contributed by atoms with Crippen molar-refractivity contribution >= 4 is 29.0 Å². The van der Waals surface area contributed by atoms with Gasteiger partial charge in [0.15, 0.2) is 0 Å². The van der Waals surface area contributed by atoms with Crippen LogP contribution in [0.5, 0.6) is 0 Å². The molecule has 1 aliphatic rings. The lowest BCUT2D eigenvalue weighted by atomic mass is 9.97. The third kappa shape index (κ3) is 5.90. The van der Waals surface area contributed by atoms with Gasteiger partial charge in [-0.05, 0) is 56.4 Å². The van der Waals surface area contributed by atoms with E-state index in [1.165, 1.54) is 37.7 Å². The van der Waals surface area contributed by atoms with E-state index in [1.807, 2.05) is 12.1 Å². The standard InChI is InChI=1S/C21H25N5O2/c1-15(27)25-17-7-9-18(10-8-17)26-20-14-23-19(13-24-20)21(28)22-12-11-16-5-3-2-4-6-16/h5,7-10,13-14H,2-4,6,11-12H2,1H3,(H,22,28)(H,24,26)(H,25,27). The number of anilines is 3. The van der Waals surface area contributed by atoms with Crippen LogP contribution in [0.1, 0.15) is 49.5 Å². The second-order valence-corrected chi connectivity index (χ2v) is 6.78. The number of carbonyl (C=O) groups is 2. The average Bonchev–Trinajstić information content (AvgIpc) is 2.70. The summed E-state index contributed by atoms with van der Waals surface area (Å²) in [5.74, 6) is 0.210. The van der Waals surface area contributed by atoms with E-state index in [1.54, 1.807) is 12.1 Å². The second kappa shape index (κ2) is 9.64. The fourth-order valence-corrected chi connectivity index (χ4v) is 3.06. The molecule has 1 aromatic carbocycles. The number of carbonyl (C=O) groups excluding carboxylic acids is 2. The highest BCUT2D eigenvalue weighted by Gasteiger charge is 2.09. The molecule has 7 nitrogen and oxygen atoms in total. The van der Waals surface area contributed by atoms with E-state index in [-0.39, 0.29) is 11.8 Å². The molecule has 0 radical (unpaired) electrons. The summed E-state index contributed by atoms with van der Waals surface area (Å²) in [5, 5.41) is 8.72. The van der Waals surface area contributed by atoms with Crippen molar-refractivity contribution < 1.29 is 9.59 Å². The fraction of sp³-hybridized carbons (Fsp3) is 0.333. The molecule has 0 aliphatic heterocycles. The number of rotatable bonds is 7. The maximum Gasteiger partial charge on any atom is 0.271 e. The summed E-state index contributed by atoms with van der Waals surface area (Å²) in [4.78, 5) is 31.7. The van der Waals surface area contributed by atoms with E-state index in [0.29, 0.717) is 18.1 Å². The predicted octanol–water partition coefficient (Wildman–Crippen LogP) is 3.80. The molecule has 1 aliphatic carbocycles. The first-order valence-corrected chi connectivity index (χ1v) is 9.53. The van der Waals surface area contributed by atoms with E-state index < -0.39 is 0 Å². The Morgan fingerprint density at radius 1 is 1.04 bits per heavy atom. The van der Waals surface area contributed by atoms with Gasteiger partial charge in [-0.1, -0.05) is 11.6 Å². The molecule has 0 fully saturated rings. The largest absolute Gasteiger partial charge is 0.350 e. The summed E-state index contributed by atoms with van der Waals surface area (Å²) in [6.45, 7) is 2.08. The third-order valence-corrected chi connectivity index (χ3v) is 4.48. The monoisotopic (exact) mass is 379 g/mol. The summed E-state index contributed by atoms with van der Waals surface area (Å²) in [5.41, 5.74) is 3.26. The molecule has 0 saturated heterocycles. The number of amides is 2. The number of nitrogens with zero attached hydrogens (tertiary/aromatic N) is 2. The van der Waals surface area contributed by atoms with E-state index in [0.717, 1.165) is 30.6 Å². The van der Waals surface area contributed by atoms with Gasteiger partial charge in [0, 0.05) is 24.8 Å². The molecule has 1 aromatic heterocycles. The van der Waals surface area contributed by atoms with Gasteiger partial charge in [0.25, 0.3) is 5.91 Å². The molecule has 2 aromatic rings. The van der Waals surface area contributed by atoms with Gasteiger partial charge in [-0.2, -0.15) is 0 Å². The molecule has 0 spiro atoms. The van der Waals surface area contributed by atoms with Gasteiger partial charge in [-0.25, -0.2) is 9.97 Å². The van der Waals surface area contributed by atoms with E-state index in [9.17, 15) is 9.59 Å². The van der Waals surface area contributed by atoms with Crippen LogP contribution in [0.25, 0.3) is 0 Å². The molecule has 0 atom stereocenters. The van der Waals surface area contributed by atoms with Crippen LogP contribution in [0.15, 0.2) is 48.3 Å². The van der Waals surface area contributed by atoms with Gasteiger partial charge in [0.1, 0.15) is 11.5 Å². The number of allylic oxidation sites excluding steroid dienone is 1. The summed E-state index contributed by atoms with van der Waals surface area (Å²) in [7, 11) is 0. The summed E-state index contributed by atoms with van der Waals surface area (Å²) in [6.07, 6.45) is 11.0. The number of aromatic nitrogens is 2. The molecule has 0 saturated carbocycles. The number of benzene rings is 1. The van der Waals surface area contributed by atoms with Crippen molar-refractivity contribution in [3.05, 3.63) is 54.0 Å². The zero-order valence-electron chi connectivity index (χ0n) is 16.0. The molecule has 7 heteroatoms. The average molecular weight is 379 g/mol. The van der Waals surface area contributed by atoms with E-state index in [2.05, 4.69) is 32.0 Å². The van der Waals surface area contributed by atoms with Crippen LogP contribution < -0.4 is 16.0 Å². The minimum absolute atomic E-state index is 0.115. The maximum absolute atomic E-state index is 12.2. The van der Waals surface area contributed by atoms with Crippen molar-refractivity contribution in [3.63, 3.8) is 0 Å². The first-order chi connectivity index (χ1) is 13.6. The zero-order chi connectivity index (χ0) is 19.8. The summed E-state index contributed by atoms with van der Waals surface area (Å²) < 4.78 is 0. The molecule has 146 valence electrons. The molecular formula is C21H25N5O2. The molecule has 3 N–H and O–H groups in total. The highest BCUT2D eigenvalue weighted by molar-refractivity contribution is 5.92. The van der Waals surface area contributed by atoms with Crippen molar-refractivity contribution in [2.75, 3.05) is 17.2 Å². The lowest BCUT2D eigenvalue weighted by molar-refractivity contribution is -0.114. The Labute approximate surface area is 164 Å². The van der Waals surface area contributed by atoms with Crippen LogP contribution >= 0.6 is 0 Å². The molecule has 0 bridgehead atoms. The Bertz CT molecular complexity index is 844. The van der Waals surface area contributed by atoms with Crippen LogP contribution in [-0.2, 0) is 4.79 Å². The molecule has 28 heavy (non-hydrogen) atoms. The zero-order valence-corrected chi connectivity index (χ0v) is 16.0. The Hall–Kier alpha value is -3.22. The first-order valence-electron chi connectivity index (χ1n) is 9.53.